The summed E-state index contributed by atoms with van der Waals surface area (Å²) >= 11 is 1.91. The zero-order chi connectivity index (χ0) is 16.2. The Morgan fingerprint density at radius 1 is 1.17 bits per heavy atom. The van der Waals surface area contributed by atoms with Crippen LogP contribution < -0.4 is 5.73 Å². The molecule has 0 spiro atoms. The molecule has 3 nitrogen and oxygen atoms in total. The monoisotopic (exact) mass is 326 g/mol. The van der Waals surface area contributed by atoms with Crippen molar-refractivity contribution in [2.45, 2.75) is 19.5 Å². The first-order chi connectivity index (χ1) is 11.2. The van der Waals surface area contributed by atoms with Gasteiger partial charge in [0.15, 0.2) is 0 Å². The van der Waals surface area contributed by atoms with Gasteiger partial charge >= 0.3 is 0 Å². The van der Waals surface area contributed by atoms with Crippen molar-refractivity contribution in [1.29, 1.82) is 0 Å². The van der Waals surface area contributed by atoms with Crippen LogP contribution in [0.5, 0.6) is 0 Å². The Morgan fingerprint density at radius 3 is 2.52 bits per heavy atom. The number of nitrogens with two attached hydrogens (primary N) is 1. The van der Waals surface area contributed by atoms with Gasteiger partial charge in [0.05, 0.1) is 6.04 Å². The number of amides is 1. The number of hydrogen-bond acceptors (Lipinski definition) is 3. The number of rotatable bonds is 3. The minimum Gasteiger partial charge on any atom is -0.330 e. The second-order valence-electron chi connectivity index (χ2n) is 5.90. The van der Waals surface area contributed by atoms with Crippen molar-refractivity contribution in [2.24, 2.45) is 5.73 Å². The molecule has 2 aromatic rings. The fraction of sp³-hybridized carbons (Fsp3) is 0.316. The van der Waals surface area contributed by atoms with E-state index in [1.807, 2.05) is 40.9 Å². The number of thioether (sulfide) groups is 1. The van der Waals surface area contributed by atoms with Gasteiger partial charge in [-0.25, -0.2) is 0 Å². The molecule has 0 radical (unpaired) electrons. The highest BCUT2D eigenvalue weighted by molar-refractivity contribution is 7.99. The number of carbonyl (C=O) groups excluding carboxylic acids is 1. The van der Waals surface area contributed by atoms with Crippen molar-refractivity contribution >= 4 is 17.7 Å². The van der Waals surface area contributed by atoms with E-state index in [0.717, 1.165) is 29.2 Å². The number of nitrogens with zero attached hydrogens (tertiary/aromatic N) is 1. The van der Waals surface area contributed by atoms with E-state index in [1.54, 1.807) is 0 Å². The Bertz CT molecular complexity index is 667. The molecular formula is C19H22N2OS. The molecule has 1 heterocycles. The summed E-state index contributed by atoms with van der Waals surface area (Å²) in [4.78, 5) is 14.9. The summed E-state index contributed by atoms with van der Waals surface area (Å²) < 4.78 is 0. The molecule has 0 bridgehead atoms. The molecule has 0 saturated carbocycles. The lowest BCUT2D eigenvalue weighted by molar-refractivity contribution is 0.0701. The lowest BCUT2D eigenvalue weighted by Gasteiger charge is -2.36. The maximum atomic E-state index is 12.9. The Hall–Kier alpha value is -1.78. The number of hydrogen-bond donors (Lipinski definition) is 1. The van der Waals surface area contributed by atoms with Crippen LogP contribution in [0.25, 0.3) is 0 Å². The Morgan fingerprint density at radius 2 is 1.87 bits per heavy atom. The standard InChI is InChI=1S/C19H22N2OS/c1-14-2-6-16(7-3-14)18-13-23-11-10-21(18)19(22)17-8-4-15(12-20)5-9-17/h2-9,18H,10-13,20H2,1H3. The van der Waals surface area contributed by atoms with Gasteiger partial charge in [-0.05, 0) is 30.2 Å². The summed E-state index contributed by atoms with van der Waals surface area (Å²) in [5.41, 5.74) is 9.88. The highest BCUT2D eigenvalue weighted by Gasteiger charge is 2.28. The van der Waals surface area contributed by atoms with Crippen molar-refractivity contribution in [2.75, 3.05) is 18.1 Å². The topological polar surface area (TPSA) is 46.3 Å². The lowest BCUT2D eigenvalue weighted by Crippen LogP contribution is -2.40. The summed E-state index contributed by atoms with van der Waals surface area (Å²) in [6.07, 6.45) is 0. The van der Waals surface area contributed by atoms with Crippen LogP contribution in [0.15, 0.2) is 48.5 Å². The largest absolute Gasteiger partial charge is 0.330 e. The summed E-state index contributed by atoms with van der Waals surface area (Å²) in [5, 5.41) is 0. The second-order valence-corrected chi connectivity index (χ2v) is 7.05. The zero-order valence-electron chi connectivity index (χ0n) is 13.4. The van der Waals surface area contributed by atoms with Gasteiger partial charge in [-0.3, -0.25) is 4.79 Å². The van der Waals surface area contributed by atoms with Crippen molar-refractivity contribution in [1.82, 2.24) is 4.90 Å². The quantitative estimate of drug-likeness (QED) is 0.940. The van der Waals surface area contributed by atoms with E-state index in [4.69, 9.17) is 5.73 Å². The third-order valence-corrected chi connectivity index (χ3v) is 5.31. The van der Waals surface area contributed by atoms with Crippen LogP contribution in [0.3, 0.4) is 0 Å². The summed E-state index contributed by atoms with van der Waals surface area (Å²) in [6, 6.07) is 16.3. The molecule has 23 heavy (non-hydrogen) atoms. The van der Waals surface area contributed by atoms with Gasteiger partial charge in [0.2, 0.25) is 0 Å². The smallest absolute Gasteiger partial charge is 0.254 e. The third kappa shape index (κ3) is 3.59. The molecule has 1 unspecified atom stereocenters. The van der Waals surface area contributed by atoms with Crippen molar-refractivity contribution in [3.8, 4) is 0 Å². The average molecular weight is 326 g/mol. The van der Waals surface area contributed by atoms with E-state index in [1.165, 1.54) is 11.1 Å². The fourth-order valence-corrected chi connectivity index (χ4v) is 3.95. The fourth-order valence-electron chi connectivity index (χ4n) is 2.86. The van der Waals surface area contributed by atoms with Crippen LogP contribution in [0.1, 0.15) is 33.1 Å². The van der Waals surface area contributed by atoms with Crippen LogP contribution in [0.4, 0.5) is 0 Å². The minimum absolute atomic E-state index is 0.111. The lowest BCUT2D eigenvalue weighted by atomic mass is 10.0. The van der Waals surface area contributed by atoms with E-state index < -0.39 is 0 Å². The first-order valence-electron chi connectivity index (χ1n) is 7.93. The normalized spacial score (nSPS) is 18.0. The van der Waals surface area contributed by atoms with E-state index in [0.29, 0.717) is 6.54 Å². The number of aryl methyl sites for hydroxylation is 1. The molecule has 1 aliphatic heterocycles. The summed E-state index contributed by atoms with van der Waals surface area (Å²) in [5.74, 6) is 2.06. The summed E-state index contributed by atoms with van der Waals surface area (Å²) in [6.45, 7) is 3.38. The Kier molecular flexibility index (Phi) is 5.03. The Balaban J connectivity index is 1.85. The van der Waals surface area contributed by atoms with E-state index in [-0.39, 0.29) is 11.9 Å². The van der Waals surface area contributed by atoms with E-state index in [2.05, 4.69) is 31.2 Å². The molecule has 2 N–H and O–H groups in total. The van der Waals surface area contributed by atoms with Gasteiger partial charge in [0, 0.05) is 30.2 Å². The van der Waals surface area contributed by atoms with Gasteiger partial charge in [0.1, 0.15) is 0 Å². The summed E-state index contributed by atoms with van der Waals surface area (Å²) in [7, 11) is 0. The first kappa shape index (κ1) is 16.1. The van der Waals surface area contributed by atoms with E-state index >= 15 is 0 Å². The molecule has 1 saturated heterocycles. The highest BCUT2D eigenvalue weighted by atomic mass is 32.2. The molecule has 1 fully saturated rings. The molecule has 1 aliphatic rings. The van der Waals surface area contributed by atoms with Crippen molar-refractivity contribution < 1.29 is 4.79 Å². The molecule has 1 atom stereocenters. The highest BCUT2D eigenvalue weighted by Crippen LogP contribution is 2.31. The van der Waals surface area contributed by atoms with Gasteiger partial charge in [0.25, 0.3) is 5.91 Å². The molecule has 1 amide bonds. The SMILES string of the molecule is Cc1ccc(C2CSCCN2C(=O)c2ccc(CN)cc2)cc1. The predicted molar refractivity (Wildman–Crippen MR) is 96.6 cm³/mol. The number of carbonyl (C=O) groups is 1. The maximum Gasteiger partial charge on any atom is 0.254 e. The molecular weight excluding hydrogens is 304 g/mol. The van der Waals surface area contributed by atoms with Crippen LogP contribution in [0, 0.1) is 6.92 Å². The molecule has 0 aliphatic carbocycles. The zero-order valence-corrected chi connectivity index (χ0v) is 14.2. The van der Waals surface area contributed by atoms with Crippen LogP contribution in [-0.4, -0.2) is 28.9 Å². The van der Waals surface area contributed by atoms with Crippen LogP contribution in [-0.2, 0) is 6.54 Å². The van der Waals surface area contributed by atoms with E-state index in [9.17, 15) is 4.79 Å². The van der Waals surface area contributed by atoms with Gasteiger partial charge in [-0.2, -0.15) is 11.8 Å². The molecule has 4 heteroatoms. The average Bonchev–Trinajstić information content (AvgIpc) is 2.62. The minimum atomic E-state index is 0.111. The third-order valence-electron chi connectivity index (χ3n) is 4.29. The first-order valence-corrected chi connectivity index (χ1v) is 9.09. The Labute approximate surface area is 141 Å². The van der Waals surface area contributed by atoms with Gasteiger partial charge < -0.3 is 10.6 Å². The molecule has 120 valence electrons. The number of benzene rings is 2. The maximum absolute atomic E-state index is 12.9. The predicted octanol–water partition coefficient (Wildman–Crippen LogP) is 3.38. The van der Waals surface area contributed by atoms with Crippen molar-refractivity contribution in [3.05, 3.63) is 70.8 Å². The second kappa shape index (κ2) is 7.20. The van der Waals surface area contributed by atoms with Crippen LogP contribution in [0.2, 0.25) is 0 Å². The van der Waals surface area contributed by atoms with Crippen molar-refractivity contribution in [3.63, 3.8) is 0 Å². The van der Waals surface area contributed by atoms with Gasteiger partial charge in [-0.15, -0.1) is 0 Å². The molecule has 2 aromatic carbocycles. The molecule has 0 aromatic heterocycles. The van der Waals surface area contributed by atoms with Gasteiger partial charge in [-0.1, -0.05) is 42.0 Å². The molecule has 3 rings (SSSR count). The van der Waals surface area contributed by atoms with Crippen LogP contribution >= 0.6 is 11.8 Å².